The standard InChI is InChI=1S/C6H4BrFO2S/c7-6-4(8)2-1-3-5(6)11(9)10/h1-3H,(H,9,10)/p-1. The monoisotopic (exact) mass is 237 g/mol. The summed E-state index contributed by atoms with van der Waals surface area (Å²) in [4.78, 5) is -0.0648. The van der Waals surface area contributed by atoms with Crippen LogP contribution in [0.1, 0.15) is 0 Å². The van der Waals surface area contributed by atoms with Crippen molar-refractivity contribution in [1.29, 1.82) is 0 Å². The zero-order valence-corrected chi connectivity index (χ0v) is 7.62. The van der Waals surface area contributed by atoms with Crippen LogP contribution in [0.2, 0.25) is 0 Å². The van der Waals surface area contributed by atoms with E-state index in [4.69, 9.17) is 0 Å². The summed E-state index contributed by atoms with van der Waals surface area (Å²) in [6.07, 6.45) is 0. The van der Waals surface area contributed by atoms with Crippen LogP contribution in [0.4, 0.5) is 4.39 Å². The average molecular weight is 238 g/mol. The SMILES string of the molecule is O=S([O-])c1cccc(F)c1Br. The van der Waals surface area contributed by atoms with Crippen molar-refractivity contribution < 1.29 is 13.2 Å². The maximum atomic E-state index is 12.6. The van der Waals surface area contributed by atoms with Gasteiger partial charge in [0, 0.05) is 4.90 Å². The molecule has 0 saturated heterocycles. The zero-order valence-electron chi connectivity index (χ0n) is 5.21. The van der Waals surface area contributed by atoms with Crippen LogP contribution in [0, 0.1) is 5.82 Å². The van der Waals surface area contributed by atoms with Crippen molar-refractivity contribution in [2.75, 3.05) is 0 Å². The predicted octanol–water partition coefficient (Wildman–Crippen LogP) is 1.83. The van der Waals surface area contributed by atoms with Gasteiger partial charge in [-0.1, -0.05) is 6.07 Å². The molecule has 0 aliphatic rings. The molecular formula is C6H3BrFO2S-. The Balaban J connectivity index is 3.27. The third-order valence-electron chi connectivity index (χ3n) is 1.10. The second-order valence-corrected chi connectivity index (χ2v) is 3.49. The molecule has 0 bridgehead atoms. The molecule has 0 saturated carbocycles. The number of halogens is 2. The Morgan fingerprint density at radius 2 is 2.18 bits per heavy atom. The van der Waals surface area contributed by atoms with Gasteiger partial charge < -0.3 is 4.55 Å². The summed E-state index contributed by atoms with van der Waals surface area (Å²) in [6, 6.07) is 3.84. The van der Waals surface area contributed by atoms with E-state index in [0.29, 0.717) is 0 Å². The Morgan fingerprint density at radius 1 is 1.55 bits per heavy atom. The van der Waals surface area contributed by atoms with E-state index in [1.807, 2.05) is 0 Å². The summed E-state index contributed by atoms with van der Waals surface area (Å²) < 4.78 is 33.4. The van der Waals surface area contributed by atoms with Gasteiger partial charge in [0.1, 0.15) is 5.82 Å². The summed E-state index contributed by atoms with van der Waals surface area (Å²) in [5.41, 5.74) is 0. The highest BCUT2D eigenvalue weighted by Gasteiger charge is 2.03. The smallest absolute Gasteiger partial charge is 0.138 e. The van der Waals surface area contributed by atoms with Crippen LogP contribution in [-0.4, -0.2) is 8.76 Å². The summed E-state index contributed by atoms with van der Waals surface area (Å²) in [7, 11) is 0. The third kappa shape index (κ3) is 1.85. The Hall–Kier alpha value is -0.260. The largest absolute Gasteiger partial charge is 0.768 e. The first-order valence-electron chi connectivity index (χ1n) is 2.66. The highest BCUT2D eigenvalue weighted by atomic mass is 79.9. The molecule has 1 aromatic carbocycles. The van der Waals surface area contributed by atoms with Crippen LogP contribution in [0.3, 0.4) is 0 Å². The van der Waals surface area contributed by atoms with Crippen LogP contribution in [0.25, 0.3) is 0 Å². The van der Waals surface area contributed by atoms with E-state index < -0.39 is 16.9 Å². The maximum Gasteiger partial charge on any atom is 0.138 e. The molecule has 1 aromatic rings. The Kier molecular flexibility index (Phi) is 2.75. The van der Waals surface area contributed by atoms with Gasteiger partial charge in [0.15, 0.2) is 0 Å². The second-order valence-electron chi connectivity index (χ2n) is 1.79. The lowest BCUT2D eigenvalue weighted by Crippen LogP contribution is -1.91. The Bertz CT molecular complexity index is 303. The number of hydrogen-bond donors (Lipinski definition) is 0. The Labute approximate surface area is 73.8 Å². The molecule has 0 aliphatic carbocycles. The van der Waals surface area contributed by atoms with Crippen molar-refractivity contribution in [3.63, 3.8) is 0 Å². The molecule has 0 fully saturated rings. The van der Waals surface area contributed by atoms with Crippen molar-refractivity contribution in [3.8, 4) is 0 Å². The molecule has 0 heterocycles. The first-order chi connectivity index (χ1) is 5.13. The molecule has 0 spiro atoms. The van der Waals surface area contributed by atoms with Gasteiger partial charge in [-0.25, -0.2) is 4.39 Å². The second kappa shape index (κ2) is 3.42. The normalized spacial score (nSPS) is 13.0. The van der Waals surface area contributed by atoms with Crippen LogP contribution in [0.15, 0.2) is 27.6 Å². The number of benzene rings is 1. The molecule has 1 unspecified atom stereocenters. The average Bonchev–Trinajstić information content (AvgIpc) is 1.94. The lowest BCUT2D eigenvalue weighted by Gasteiger charge is -2.06. The molecule has 0 aliphatic heterocycles. The van der Waals surface area contributed by atoms with Crippen LogP contribution < -0.4 is 0 Å². The highest BCUT2D eigenvalue weighted by molar-refractivity contribution is 9.10. The van der Waals surface area contributed by atoms with Gasteiger partial charge in [-0.15, -0.1) is 0 Å². The van der Waals surface area contributed by atoms with Gasteiger partial charge in [-0.05, 0) is 39.1 Å². The van der Waals surface area contributed by atoms with Crippen LogP contribution in [-0.2, 0) is 11.1 Å². The molecule has 0 aromatic heterocycles. The van der Waals surface area contributed by atoms with Gasteiger partial charge in [-0.2, -0.15) is 0 Å². The Morgan fingerprint density at radius 3 is 2.64 bits per heavy atom. The van der Waals surface area contributed by atoms with Crippen molar-refractivity contribution >= 4 is 27.0 Å². The predicted molar refractivity (Wildman–Crippen MR) is 41.3 cm³/mol. The molecular weight excluding hydrogens is 235 g/mol. The van der Waals surface area contributed by atoms with Crippen LogP contribution in [0.5, 0.6) is 0 Å². The molecule has 1 rings (SSSR count). The fraction of sp³-hybridized carbons (Fsp3) is 0. The van der Waals surface area contributed by atoms with Crippen molar-refractivity contribution in [1.82, 2.24) is 0 Å². The van der Waals surface area contributed by atoms with E-state index in [1.165, 1.54) is 18.2 Å². The minimum Gasteiger partial charge on any atom is -0.768 e. The van der Waals surface area contributed by atoms with E-state index in [9.17, 15) is 13.2 Å². The number of rotatable bonds is 1. The topological polar surface area (TPSA) is 40.1 Å². The fourth-order valence-electron chi connectivity index (χ4n) is 0.613. The minimum atomic E-state index is -2.39. The third-order valence-corrected chi connectivity index (χ3v) is 2.86. The molecule has 60 valence electrons. The zero-order chi connectivity index (χ0) is 8.43. The summed E-state index contributed by atoms with van der Waals surface area (Å²) in [6.45, 7) is 0. The van der Waals surface area contributed by atoms with Gasteiger partial charge in [0.25, 0.3) is 0 Å². The van der Waals surface area contributed by atoms with Crippen molar-refractivity contribution in [2.45, 2.75) is 4.90 Å². The lowest BCUT2D eigenvalue weighted by atomic mass is 10.3. The summed E-state index contributed by atoms with van der Waals surface area (Å²) in [5.74, 6) is -0.577. The fourth-order valence-corrected chi connectivity index (χ4v) is 1.71. The van der Waals surface area contributed by atoms with E-state index in [0.717, 1.165) is 0 Å². The first kappa shape index (κ1) is 8.83. The van der Waals surface area contributed by atoms with Crippen molar-refractivity contribution in [2.24, 2.45) is 0 Å². The lowest BCUT2D eigenvalue weighted by molar-refractivity contribution is 0.534. The van der Waals surface area contributed by atoms with Gasteiger partial charge >= 0.3 is 0 Å². The van der Waals surface area contributed by atoms with Gasteiger partial charge in [0.2, 0.25) is 0 Å². The molecule has 0 radical (unpaired) electrons. The van der Waals surface area contributed by atoms with Gasteiger partial charge in [0.05, 0.1) is 4.47 Å². The molecule has 11 heavy (non-hydrogen) atoms. The molecule has 5 heteroatoms. The van der Waals surface area contributed by atoms with E-state index in [1.54, 1.807) is 0 Å². The molecule has 2 nitrogen and oxygen atoms in total. The molecule has 0 amide bonds. The first-order valence-corrected chi connectivity index (χ1v) is 4.53. The quantitative estimate of drug-likeness (QED) is 0.700. The number of hydrogen-bond acceptors (Lipinski definition) is 2. The van der Waals surface area contributed by atoms with E-state index in [-0.39, 0.29) is 9.37 Å². The minimum absolute atomic E-state index is 0.0201. The van der Waals surface area contributed by atoms with E-state index >= 15 is 0 Å². The van der Waals surface area contributed by atoms with Gasteiger partial charge in [-0.3, -0.25) is 4.21 Å². The molecule has 1 atom stereocenters. The van der Waals surface area contributed by atoms with E-state index in [2.05, 4.69) is 15.9 Å². The summed E-state index contributed by atoms with van der Waals surface area (Å²) in [5, 5.41) is 0. The maximum absolute atomic E-state index is 12.6. The van der Waals surface area contributed by atoms with Crippen molar-refractivity contribution in [3.05, 3.63) is 28.5 Å². The van der Waals surface area contributed by atoms with Crippen LogP contribution >= 0.6 is 15.9 Å². The highest BCUT2D eigenvalue weighted by Crippen LogP contribution is 2.22. The summed E-state index contributed by atoms with van der Waals surface area (Å²) >= 11 is 0.425. The molecule has 0 N–H and O–H groups in total.